The number of carbonyl (C=O) groups is 2. The number of hydrogen-bond acceptors (Lipinski definition) is 4. The maximum absolute atomic E-state index is 12.1. The van der Waals surface area contributed by atoms with Gasteiger partial charge in [0.15, 0.2) is 0 Å². The zero-order valence-electron chi connectivity index (χ0n) is 13.8. The van der Waals surface area contributed by atoms with Gasteiger partial charge in [0.1, 0.15) is 18.2 Å². The summed E-state index contributed by atoms with van der Waals surface area (Å²) in [7, 11) is 1.54. The molecule has 24 heavy (non-hydrogen) atoms. The molecule has 0 saturated carbocycles. The molecule has 8 heteroatoms. The summed E-state index contributed by atoms with van der Waals surface area (Å²) >= 11 is 0. The molecule has 2 rings (SSSR count). The Morgan fingerprint density at radius 3 is 2.67 bits per heavy atom. The summed E-state index contributed by atoms with van der Waals surface area (Å²) in [5, 5.41) is 15.8. The van der Waals surface area contributed by atoms with E-state index < -0.39 is 12.1 Å². The summed E-state index contributed by atoms with van der Waals surface area (Å²) in [5.41, 5.74) is 0.720. The number of nitrogens with one attached hydrogen (secondary N) is 3. The minimum absolute atomic E-state index is 0.276. The molecule has 0 saturated heterocycles. The summed E-state index contributed by atoms with van der Waals surface area (Å²) in [5.74, 6) is 0.533. The number of urea groups is 1. The Hall–Kier alpha value is -2.90. The van der Waals surface area contributed by atoms with Gasteiger partial charge in [0.2, 0.25) is 5.91 Å². The van der Waals surface area contributed by atoms with E-state index in [1.165, 1.54) is 7.05 Å². The van der Waals surface area contributed by atoms with Crippen molar-refractivity contribution in [1.29, 1.82) is 0 Å². The second-order valence-electron chi connectivity index (χ2n) is 5.14. The highest BCUT2D eigenvalue weighted by molar-refractivity contribution is 5.87. The van der Waals surface area contributed by atoms with Gasteiger partial charge in [-0.2, -0.15) is 0 Å². The van der Waals surface area contributed by atoms with Crippen LogP contribution in [0.2, 0.25) is 0 Å². The summed E-state index contributed by atoms with van der Waals surface area (Å²) in [6.07, 6.45) is 2.23. The zero-order chi connectivity index (χ0) is 17.4. The van der Waals surface area contributed by atoms with Crippen molar-refractivity contribution in [2.24, 2.45) is 0 Å². The highest BCUT2D eigenvalue weighted by atomic mass is 16.2. The van der Waals surface area contributed by atoms with E-state index in [9.17, 15) is 9.59 Å². The third-order valence-corrected chi connectivity index (χ3v) is 3.59. The van der Waals surface area contributed by atoms with Crippen LogP contribution in [-0.4, -0.2) is 40.3 Å². The lowest BCUT2D eigenvalue weighted by Gasteiger charge is -2.18. The van der Waals surface area contributed by atoms with Crippen LogP contribution < -0.4 is 16.0 Å². The molecule has 0 fully saturated rings. The van der Waals surface area contributed by atoms with Crippen molar-refractivity contribution in [3.05, 3.63) is 48.0 Å². The Kier molecular flexibility index (Phi) is 6.30. The molecule has 0 aliphatic heterocycles. The lowest BCUT2D eigenvalue weighted by molar-refractivity contribution is -0.122. The quantitative estimate of drug-likeness (QED) is 0.693. The van der Waals surface area contributed by atoms with Crippen LogP contribution >= 0.6 is 0 Å². The van der Waals surface area contributed by atoms with Gasteiger partial charge in [-0.15, -0.1) is 10.2 Å². The topological polar surface area (TPSA) is 101 Å². The van der Waals surface area contributed by atoms with E-state index in [0.29, 0.717) is 13.0 Å². The number of nitrogens with zero attached hydrogens (tertiary/aromatic N) is 3. The fourth-order valence-electron chi connectivity index (χ4n) is 2.30. The van der Waals surface area contributed by atoms with Crippen molar-refractivity contribution in [2.45, 2.75) is 25.9 Å². The Morgan fingerprint density at radius 2 is 2.00 bits per heavy atom. The van der Waals surface area contributed by atoms with Crippen LogP contribution in [0.1, 0.15) is 24.4 Å². The molecule has 1 aromatic heterocycles. The first-order valence-corrected chi connectivity index (χ1v) is 7.83. The number of amides is 3. The first-order valence-electron chi connectivity index (χ1n) is 7.83. The first kappa shape index (κ1) is 17.5. The average Bonchev–Trinajstić information content (AvgIpc) is 3.07. The predicted molar refractivity (Wildman–Crippen MR) is 89.2 cm³/mol. The number of aromatic nitrogens is 3. The van der Waals surface area contributed by atoms with E-state index in [4.69, 9.17) is 0 Å². The molecule has 8 nitrogen and oxygen atoms in total. The lowest BCUT2D eigenvalue weighted by Crippen LogP contribution is -2.44. The molecule has 3 amide bonds. The normalized spacial score (nSPS) is 11.6. The SMILES string of the molecule is CCn1cnnc1CCNC(=O)N[C@H](C(=O)NC)c1ccccc1. The van der Waals surface area contributed by atoms with E-state index in [-0.39, 0.29) is 5.91 Å². The monoisotopic (exact) mass is 330 g/mol. The molecule has 1 atom stereocenters. The van der Waals surface area contributed by atoms with Crippen molar-refractivity contribution < 1.29 is 9.59 Å². The fraction of sp³-hybridized carbons (Fsp3) is 0.375. The van der Waals surface area contributed by atoms with Crippen LogP contribution in [0, 0.1) is 0 Å². The third-order valence-electron chi connectivity index (χ3n) is 3.59. The van der Waals surface area contributed by atoms with Crippen molar-refractivity contribution in [3.8, 4) is 0 Å². The molecule has 1 heterocycles. The Labute approximate surface area is 140 Å². The van der Waals surface area contributed by atoms with Gasteiger partial charge in [0.25, 0.3) is 0 Å². The Morgan fingerprint density at radius 1 is 1.25 bits per heavy atom. The molecular formula is C16H22N6O2. The van der Waals surface area contributed by atoms with Crippen LogP contribution in [-0.2, 0) is 17.8 Å². The molecular weight excluding hydrogens is 308 g/mol. The van der Waals surface area contributed by atoms with E-state index in [1.807, 2.05) is 29.7 Å². The number of hydrogen-bond donors (Lipinski definition) is 3. The molecule has 0 radical (unpaired) electrons. The second-order valence-corrected chi connectivity index (χ2v) is 5.14. The minimum Gasteiger partial charge on any atom is -0.357 e. The number of likely N-dealkylation sites (N-methyl/N-ethyl adjacent to an activating group) is 1. The average molecular weight is 330 g/mol. The van der Waals surface area contributed by atoms with Gasteiger partial charge < -0.3 is 20.5 Å². The molecule has 128 valence electrons. The first-order chi connectivity index (χ1) is 11.7. The lowest BCUT2D eigenvalue weighted by atomic mass is 10.1. The highest BCUT2D eigenvalue weighted by Gasteiger charge is 2.21. The fourth-order valence-corrected chi connectivity index (χ4v) is 2.30. The van der Waals surface area contributed by atoms with Gasteiger partial charge in [-0.1, -0.05) is 30.3 Å². The van der Waals surface area contributed by atoms with Crippen molar-refractivity contribution in [2.75, 3.05) is 13.6 Å². The van der Waals surface area contributed by atoms with Crippen LogP contribution in [0.25, 0.3) is 0 Å². The number of rotatable bonds is 7. The number of carbonyl (C=O) groups excluding carboxylic acids is 2. The van der Waals surface area contributed by atoms with E-state index >= 15 is 0 Å². The van der Waals surface area contributed by atoms with Gasteiger partial charge in [0.05, 0.1) is 0 Å². The number of aryl methyl sites for hydroxylation is 1. The maximum atomic E-state index is 12.1. The van der Waals surface area contributed by atoms with Crippen molar-refractivity contribution >= 4 is 11.9 Å². The Bertz CT molecular complexity index is 670. The van der Waals surface area contributed by atoms with Gasteiger partial charge in [-0.05, 0) is 12.5 Å². The summed E-state index contributed by atoms with van der Waals surface area (Å²) < 4.78 is 1.91. The largest absolute Gasteiger partial charge is 0.357 e. The molecule has 2 aromatic rings. The number of benzene rings is 1. The van der Waals surface area contributed by atoms with Crippen LogP contribution in [0.3, 0.4) is 0 Å². The van der Waals surface area contributed by atoms with Gasteiger partial charge >= 0.3 is 6.03 Å². The van der Waals surface area contributed by atoms with Gasteiger partial charge in [0, 0.05) is 26.6 Å². The van der Waals surface area contributed by atoms with Crippen molar-refractivity contribution in [1.82, 2.24) is 30.7 Å². The molecule has 0 bridgehead atoms. The van der Waals surface area contributed by atoms with Gasteiger partial charge in [-0.3, -0.25) is 4.79 Å². The molecule has 1 aromatic carbocycles. The van der Waals surface area contributed by atoms with Crippen LogP contribution in [0.4, 0.5) is 4.79 Å². The molecule has 0 aliphatic carbocycles. The molecule has 0 aliphatic rings. The standard InChI is InChI=1S/C16H22N6O2/c1-3-22-11-19-21-13(22)9-10-18-16(24)20-14(15(23)17-2)12-7-5-4-6-8-12/h4-8,11,14H,3,9-10H2,1-2H3,(H,17,23)(H2,18,20,24)/t14-/m0/s1. The summed E-state index contributed by atoms with van der Waals surface area (Å²) in [6.45, 7) is 3.18. The highest BCUT2D eigenvalue weighted by Crippen LogP contribution is 2.12. The molecule has 0 unspecified atom stereocenters. The summed E-state index contributed by atoms with van der Waals surface area (Å²) in [6, 6.07) is 7.94. The maximum Gasteiger partial charge on any atom is 0.315 e. The van der Waals surface area contributed by atoms with E-state index in [1.54, 1.807) is 18.5 Å². The zero-order valence-corrected chi connectivity index (χ0v) is 13.8. The predicted octanol–water partition coefficient (Wildman–Crippen LogP) is 0.627. The minimum atomic E-state index is -0.740. The third kappa shape index (κ3) is 4.55. The van der Waals surface area contributed by atoms with E-state index in [2.05, 4.69) is 26.1 Å². The smallest absolute Gasteiger partial charge is 0.315 e. The Balaban J connectivity index is 1.90. The van der Waals surface area contributed by atoms with Crippen molar-refractivity contribution in [3.63, 3.8) is 0 Å². The van der Waals surface area contributed by atoms with Crippen LogP contribution in [0.15, 0.2) is 36.7 Å². The summed E-state index contributed by atoms with van der Waals surface area (Å²) in [4.78, 5) is 24.1. The van der Waals surface area contributed by atoms with Gasteiger partial charge in [-0.25, -0.2) is 4.79 Å². The molecule has 0 spiro atoms. The van der Waals surface area contributed by atoms with E-state index in [0.717, 1.165) is 17.9 Å². The van der Waals surface area contributed by atoms with Crippen LogP contribution in [0.5, 0.6) is 0 Å². The molecule has 3 N–H and O–H groups in total. The second kappa shape index (κ2) is 8.66.